The van der Waals surface area contributed by atoms with Gasteiger partial charge >= 0.3 is 5.97 Å². The van der Waals surface area contributed by atoms with E-state index in [1.807, 2.05) is 0 Å². The Morgan fingerprint density at radius 1 is 1.30 bits per heavy atom. The monoisotopic (exact) mass is 372 g/mol. The van der Waals surface area contributed by atoms with Crippen LogP contribution in [0.25, 0.3) is 0 Å². The van der Waals surface area contributed by atoms with E-state index in [-0.39, 0.29) is 36.4 Å². The maximum atomic E-state index is 12.1. The van der Waals surface area contributed by atoms with Gasteiger partial charge in [-0.05, 0) is 44.1 Å². The molecule has 1 heterocycles. The fourth-order valence-corrected chi connectivity index (χ4v) is 2.76. The van der Waals surface area contributed by atoms with Gasteiger partial charge in [0, 0.05) is 17.2 Å². The first-order valence-electron chi connectivity index (χ1n) is 8.74. The first-order valence-corrected chi connectivity index (χ1v) is 8.74. The van der Waals surface area contributed by atoms with Crippen LogP contribution >= 0.6 is 0 Å². The Morgan fingerprint density at radius 2 is 2.04 bits per heavy atom. The molecule has 8 nitrogen and oxygen atoms in total. The van der Waals surface area contributed by atoms with Crippen LogP contribution in [0.4, 0.5) is 5.69 Å². The number of hydrogen-bond acceptors (Lipinski definition) is 6. The maximum Gasteiger partial charge on any atom is 0.339 e. The number of benzene rings is 1. The summed E-state index contributed by atoms with van der Waals surface area (Å²) >= 11 is 0. The van der Waals surface area contributed by atoms with Gasteiger partial charge < -0.3 is 26.4 Å². The van der Waals surface area contributed by atoms with Crippen molar-refractivity contribution in [3.05, 3.63) is 29.3 Å². The average molecular weight is 372 g/mol. The molecule has 5 N–H and O–H groups in total. The zero-order valence-corrected chi connectivity index (χ0v) is 15.3. The van der Waals surface area contributed by atoms with Crippen LogP contribution in [0, 0.1) is 17.8 Å². The lowest BCUT2D eigenvalue weighted by molar-refractivity contribution is -0.127. The second kappa shape index (κ2) is 10.3. The molecule has 2 amide bonds. The summed E-state index contributed by atoms with van der Waals surface area (Å²) in [6, 6.07) is 4.67. The first kappa shape index (κ1) is 20.4. The van der Waals surface area contributed by atoms with E-state index in [1.165, 1.54) is 13.2 Å². The fraction of sp³-hybridized carbons (Fsp3) is 0.421. The van der Waals surface area contributed by atoms with Crippen LogP contribution in [0.5, 0.6) is 0 Å². The van der Waals surface area contributed by atoms with Crippen LogP contribution in [-0.2, 0) is 14.3 Å². The van der Waals surface area contributed by atoms with E-state index in [0.717, 1.165) is 25.9 Å². The molecule has 1 fully saturated rings. The third-order valence-corrected chi connectivity index (χ3v) is 4.17. The smallest absolute Gasteiger partial charge is 0.339 e. The van der Waals surface area contributed by atoms with Gasteiger partial charge in [-0.2, -0.15) is 0 Å². The third kappa shape index (κ3) is 6.09. The highest BCUT2D eigenvalue weighted by atomic mass is 16.5. The molecule has 0 aromatic heterocycles. The average Bonchev–Trinajstić information content (AvgIpc) is 2.70. The van der Waals surface area contributed by atoms with Crippen LogP contribution in [0.3, 0.4) is 0 Å². The van der Waals surface area contributed by atoms with Gasteiger partial charge in [0.2, 0.25) is 11.8 Å². The van der Waals surface area contributed by atoms with Gasteiger partial charge in [-0.15, -0.1) is 0 Å². The largest absolute Gasteiger partial charge is 0.465 e. The number of ether oxygens (including phenoxy) is 1. The highest BCUT2D eigenvalue weighted by Crippen LogP contribution is 2.16. The predicted molar refractivity (Wildman–Crippen MR) is 101 cm³/mol. The van der Waals surface area contributed by atoms with Gasteiger partial charge in [0.15, 0.2) is 0 Å². The van der Waals surface area contributed by atoms with Crippen LogP contribution in [0.2, 0.25) is 0 Å². The molecule has 0 atom stereocenters. The Labute approximate surface area is 158 Å². The van der Waals surface area contributed by atoms with E-state index in [2.05, 4.69) is 27.8 Å². The summed E-state index contributed by atoms with van der Waals surface area (Å²) < 4.78 is 4.72. The molecule has 0 aliphatic carbocycles. The molecular formula is C19H24N4O4. The molecule has 1 aromatic rings. The molecular weight excluding hydrogens is 348 g/mol. The van der Waals surface area contributed by atoms with E-state index in [4.69, 9.17) is 10.5 Å². The lowest BCUT2D eigenvalue weighted by atomic mass is 9.97. The number of esters is 1. The summed E-state index contributed by atoms with van der Waals surface area (Å²) in [4.78, 5) is 36.0. The van der Waals surface area contributed by atoms with Gasteiger partial charge in [-0.3, -0.25) is 9.59 Å². The normalized spacial score (nSPS) is 13.9. The van der Waals surface area contributed by atoms with Crippen molar-refractivity contribution in [3.63, 3.8) is 0 Å². The molecule has 0 radical (unpaired) electrons. The molecule has 0 spiro atoms. The van der Waals surface area contributed by atoms with Crippen molar-refractivity contribution in [3.8, 4) is 11.8 Å². The Morgan fingerprint density at radius 3 is 2.70 bits per heavy atom. The summed E-state index contributed by atoms with van der Waals surface area (Å²) in [6.07, 6.45) is 1.54. The fourth-order valence-electron chi connectivity index (χ4n) is 2.76. The highest BCUT2D eigenvalue weighted by molar-refractivity contribution is 5.97. The van der Waals surface area contributed by atoms with E-state index >= 15 is 0 Å². The van der Waals surface area contributed by atoms with Crippen molar-refractivity contribution < 1.29 is 19.1 Å². The molecule has 0 unspecified atom stereocenters. The first-order chi connectivity index (χ1) is 13.0. The van der Waals surface area contributed by atoms with E-state index in [1.54, 1.807) is 12.1 Å². The number of piperidine rings is 1. The van der Waals surface area contributed by atoms with Crippen molar-refractivity contribution in [2.24, 2.45) is 11.7 Å². The standard InChI is InChI=1S/C19H24N4O4/c1-27-19(26)16-5-4-15(11-14(16)3-2-8-20)23-17(24)12-22-18(25)13-6-9-21-10-7-13/h4-5,11,13,21H,6-10,12,20H2,1H3,(H,22,25)(H,23,24). The number of nitrogens with one attached hydrogen (secondary N) is 3. The SMILES string of the molecule is COC(=O)c1ccc(NC(=O)CNC(=O)C2CCNCC2)cc1C#CCN. The Bertz CT molecular complexity index is 761. The minimum Gasteiger partial charge on any atom is -0.465 e. The summed E-state index contributed by atoms with van der Waals surface area (Å²) in [7, 11) is 1.28. The number of rotatable bonds is 5. The minimum atomic E-state index is -0.525. The van der Waals surface area contributed by atoms with Crippen LogP contribution in [0.15, 0.2) is 18.2 Å². The summed E-state index contributed by atoms with van der Waals surface area (Å²) in [5.41, 5.74) is 6.54. The second-order valence-electron chi connectivity index (χ2n) is 6.05. The maximum absolute atomic E-state index is 12.1. The topological polar surface area (TPSA) is 123 Å². The number of hydrogen-bond donors (Lipinski definition) is 4. The molecule has 144 valence electrons. The summed E-state index contributed by atoms with van der Waals surface area (Å²) in [5.74, 6) is 4.42. The van der Waals surface area contributed by atoms with Gasteiger partial charge in [-0.25, -0.2) is 4.79 Å². The number of nitrogens with two attached hydrogens (primary N) is 1. The van der Waals surface area contributed by atoms with Crippen molar-refractivity contribution in [2.75, 3.05) is 38.6 Å². The molecule has 8 heteroatoms. The van der Waals surface area contributed by atoms with Crippen LogP contribution in [-0.4, -0.2) is 51.1 Å². The predicted octanol–water partition coefficient (Wildman–Crippen LogP) is -0.162. The third-order valence-electron chi connectivity index (χ3n) is 4.17. The zero-order chi connectivity index (χ0) is 19.6. The van der Waals surface area contributed by atoms with E-state index in [9.17, 15) is 14.4 Å². The molecule has 0 saturated carbocycles. The van der Waals surface area contributed by atoms with Crippen molar-refractivity contribution in [1.82, 2.24) is 10.6 Å². The molecule has 2 rings (SSSR count). The number of anilines is 1. The van der Waals surface area contributed by atoms with Gasteiger partial charge in [0.05, 0.1) is 25.8 Å². The zero-order valence-electron chi connectivity index (χ0n) is 15.3. The number of methoxy groups -OCH3 is 1. The second-order valence-corrected chi connectivity index (χ2v) is 6.05. The minimum absolute atomic E-state index is 0.0588. The Balaban J connectivity index is 1.98. The van der Waals surface area contributed by atoms with E-state index in [0.29, 0.717) is 11.3 Å². The number of carbonyl (C=O) groups is 3. The summed E-state index contributed by atoms with van der Waals surface area (Å²) in [5, 5.41) is 8.54. The van der Waals surface area contributed by atoms with Crippen molar-refractivity contribution in [1.29, 1.82) is 0 Å². The van der Waals surface area contributed by atoms with Crippen molar-refractivity contribution in [2.45, 2.75) is 12.8 Å². The van der Waals surface area contributed by atoms with Crippen LogP contribution < -0.4 is 21.7 Å². The van der Waals surface area contributed by atoms with Gasteiger partial charge in [0.25, 0.3) is 0 Å². The molecule has 1 aromatic carbocycles. The lowest BCUT2D eigenvalue weighted by Crippen LogP contribution is -2.41. The highest BCUT2D eigenvalue weighted by Gasteiger charge is 2.21. The lowest BCUT2D eigenvalue weighted by Gasteiger charge is -2.21. The number of carbonyl (C=O) groups excluding carboxylic acids is 3. The molecule has 1 saturated heterocycles. The van der Waals surface area contributed by atoms with Gasteiger partial charge in [-0.1, -0.05) is 11.8 Å². The number of amides is 2. The van der Waals surface area contributed by atoms with Crippen molar-refractivity contribution >= 4 is 23.5 Å². The Kier molecular flexibility index (Phi) is 7.79. The molecule has 1 aliphatic rings. The Hall–Kier alpha value is -2.89. The van der Waals surface area contributed by atoms with E-state index < -0.39 is 5.97 Å². The van der Waals surface area contributed by atoms with Crippen LogP contribution in [0.1, 0.15) is 28.8 Å². The molecule has 27 heavy (non-hydrogen) atoms. The molecule has 0 bridgehead atoms. The molecule has 1 aliphatic heterocycles. The quantitative estimate of drug-likeness (QED) is 0.421. The van der Waals surface area contributed by atoms with Gasteiger partial charge in [0.1, 0.15) is 0 Å². The summed E-state index contributed by atoms with van der Waals surface area (Å²) in [6.45, 7) is 1.64.